The Bertz CT molecular complexity index is 1160. The number of carbonyl (C=O) groups is 1. The third-order valence-corrected chi connectivity index (χ3v) is 7.37. The van der Waals surface area contributed by atoms with Crippen LogP contribution in [0.25, 0.3) is 11.3 Å². The number of aromatic nitrogens is 1. The van der Waals surface area contributed by atoms with Gasteiger partial charge in [-0.2, -0.15) is 5.26 Å². The Morgan fingerprint density at radius 2 is 2.13 bits per heavy atom. The van der Waals surface area contributed by atoms with E-state index in [-0.39, 0.29) is 11.3 Å². The van der Waals surface area contributed by atoms with Crippen molar-refractivity contribution in [1.82, 2.24) is 5.16 Å². The fourth-order valence-electron chi connectivity index (χ4n) is 3.91. The summed E-state index contributed by atoms with van der Waals surface area (Å²) in [4.78, 5) is 14.4. The number of benzene rings is 1. The van der Waals surface area contributed by atoms with Crippen molar-refractivity contribution in [3.05, 3.63) is 55.6 Å². The molecule has 30 heavy (non-hydrogen) atoms. The lowest BCUT2D eigenvalue weighted by Crippen LogP contribution is -2.14. The van der Waals surface area contributed by atoms with Crippen LogP contribution < -0.4 is 5.32 Å². The van der Waals surface area contributed by atoms with Crippen molar-refractivity contribution in [3.8, 4) is 17.3 Å². The molecule has 1 aliphatic carbocycles. The number of nitriles is 1. The maximum Gasteiger partial charge on any atom is 0.262 e. The van der Waals surface area contributed by atoms with E-state index in [0.29, 0.717) is 37.9 Å². The summed E-state index contributed by atoms with van der Waals surface area (Å²) in [7, 11) is 0. The highest BCUT2D eigenvalue weighted by Gasteiger charge is 2.29. The molecular formula is C22H19Cl2N3O2S. The lowest BCUT2D eigenvalue weighted by Gasteiger charge is -2.20. The number of nitrogens with one attached hydrogen (secondary N) is 1. The molecule has 1 aromatic carbocycles. The Morgan fingerprint density at radius 1 is 1.40 bits per heavy atom. The molecular weight excluding hydrogens is 441 g/mol. The van der Waals surface area contributed by atoms with Crippen LogP contribution in [0.1, 0.15) is 51.9 Å². The first-order valence-electron chi connectivity index (χ1n) is 9.71. The molecule has 2 heterocycles. The lowest BCUT2D eigenvalue weighted by atomic mass is 9.86. The largest absolute Gasteiger partial charge is 0.360 e. The van der Waals surface area contributed by atoms with Gasteiger partial charge in [-0.15, -0.1) is 11.3 Å². The molecule has 154 valence electrons. The third-order valence-electron chi connectivity index (χ3n) is 5.57. The van der Waals surface area contributed by atoms with E-state index >= 15 is 0 Å². The second kappa shape index (κ2) is 8.43. The predicted molar refractivity (Wildman–Crippen MR) is 119 cm³/mol. The van der Waals surface area contributed by atoms with Crippen LogP contribution >= 0.6 is 34.5 Å². The van der Waals surface area contributed by atoms with Crippen molar-refractivity contribution in [2.45, 2.75) is 39.5 Å². The topological polar surface area (TPSA) is 78.9 Å². The summed E-state index contributed by atoms with van der Waals surface area (Å²) in [6.07, 6.45) is 4.01. The van der Waals surface area contributed by atoms with Crippen LogP contribution in [0.15, 0.2) is 22.7 Å². The van der Waals surface area contributed by atoms with E-state index in [4.69, 9.17) is 27.7 Å². The Kier molecular flexibility index (Phi) is 5.88. The molecule has 2 aromatic heterocycles. The van der Waals surface area contributed by atoms with Crippen molar-refractivity contribution in [1.29, 1.82) is 5.26 Å². The fourth-order valence-corrected chi connectivity index (χ4v) is 5.79. The normalized spacial score (nSPS) is 15.5. The molecule has 5 nitrogen and oxygen atoms in total. The third kappa shape index (κ3) is 3.62. The van der Waals surface area contributed by atoms with Crippen LogP contribution in [0.5, 0.6) is 0 Å². The molecule has 0 saturated carbocycles. The minimum atomic E-state index is -0.401. The number of thiophene rings is 1. The van der Waals surface area contributed by atoms with Gasteiger partial charge < -0.3 is 9.84 Å². The van der Waals surface area contributed by atoms with Crippen LogP contribution in [0.3, 0.4) is 0 Å². The van der Waals surface area contributed by atoms with Crippen LogP contribution in [-0.2, 0) is 12.8 Å². The molecule has 3 aromatic rings. The van der Waals surface area contributed by atoms with Gasteiger partial charge in [-0.05, 0) is 49.8 Å². The SMILES string of the molecule is CCC1CCc2c(sc(NC(=O)c3c(-c4c(Cl)cccc4Cl)noc3C)c2C#N)C1. The van der Waals surface area contributed by atoms with Crippen molar-refractivity contribution >= 4 is 45.4 Å². The van der Waals surface area contributed by atoms with Gasteiger partial charge >= 0.3 is 0 Å². The number of nitrogens with zero attached hydrogens (tertiary/aromatic N) is 2. The van der Waals surface area contributed by atoms with Gasteiger partial charge in [0.25, 0.3) is 5.91 Å². The molecule has 0 radical (unpaired) electrons. The van der Waals surface area contributed by atoms with E-state index in [1.54, 1.807) is 25.1 Å². The Labute approximate surface area is 188 Å². The van der Waals surface area contributed by atoms with Crippen molar-refractivity contribution < 1.29 is 9.32 Å². The number of carbonyl (C=O) groups excluding carboxylic acids is 1. The number of anilines is 1. The molecule has 0 fully saturated rings. The molecule has 1 atom stereocenters. The zero-order valence-electron chi connectivity index (χ0n) is 16.5. The summed E-state index contributed by atoms with van der Waals surface area (Å²) >= 11 is 14.1. The van der Waals surface area contributed by atoms with E-state index in [2.05, 4.69) is 23.5 Å². The lowest BCUT2D eigenvalue weighted by molar-refractivity contribution is 0.102. The second-order valence-corrected chi connectivity index (χ2v) is 9.27. The highest BCUT2D eigenvalue weighted by atomic mass is 35.5. The van der Waals surface area contributed by atoms with Crippen LogP contribution in [-0.4, -0.2) is 11.1 Å². The predicted octanol–water partition coefficient (Wildman–Crippen LogP) is 6.66. The van der Waals surface area contributed by atoms with E-state index < -0.39 is 5.91 Å². The smallest absolute Gasteiger partial charge is 0.262 e. The average molecular weight is 460 g/mol. The summed E-state index contributed by atoms with van der Waals surface area (Å²) in [5.74, 6) is 0.576. The molecule has 0 saturated heterocycles. The van der Waals surface area contributed by atoms with Gasteiger partial charge in [-0.25, -0.2) is 0 Å². The van der Waals surface area contributed by atoms with E-state index in [1.807, 2.05) is 0 Å². The van der Waals surface area contributed by atoms with Gasteiger partial charge in [-0.3, -0.25) is 4.79 Å². The average Bonchev–Trinajstić information content (AvgIpc) is 3.26. The Morgan fingerprint density at radius 3 is 2.80 bits per heavy atom. The van der Waals surface area contributed by atoms with Gasteiger partial charge in [0, 0.05) is 10.4 Å². The first kappa shape index (κ1) is 20.9. The van der Waals surface area contributed by atoms with Crippen LogP contribution in [0, 0.1) is 24.2 Å². The monoisotopic (exact) mass is 459 g/mol. The van der Waals surface area contributed by atoms with Gasteiger partial charge in [0.05, 0.1) is 15.6 Å². The summed E-state index contributed by atoms with van der Waals surface area (Å²) in [6.45, 7) is 3.85. The molecule has 8 heteroatoms. The second-order valence-electron chi connectivity index (χ2n) is 7.35. The van der Waals surface area contributed by atoms with Crippen LogP contribution in [0.4, 0.5) is 5.00 Å². The van der Waals surface area contributed by atoms with Crippen molar-refractivity contribution in [3.63, 3.8) is 0 Å². The molecule has 1 aliphatic rings. The molecule has 1 unspecified atom stereocenters. The highest BCUT2D eigenvalue weighted by Crippen LogP contribution is 2.41. The Balaban J connectivity index is 1.71. The number of hydrogen-bond acceptors (Lipinski definition) is 5. The number of amides is 1. The molecule has 0 bridgehead atoms. The maximum absolute atomic E-state index is 13.2. The van der Waals surface area contributed by atoms with Crippen molar-refractivity contribution in [2.75, 3.05) is 5.32 Å². The van der Waals surface area contributed by atoms with Crippen molar-refractivity contribution in [2.24, 2.45) is 5.92 Å². The van der Waals surface area contributed by atoms with E-state index in [9.17, 15) is 10.1 Å². The standard InChI is InChI=1S/C22H19Cl2N3O2S/c1-3-12-7-8-13-14(10-25)22(30-17(13)9-12)26-21(28)18-11(2)29-27-20(18)19-15(23)5-4-6-16(19)24/h4-6,12H,3,7-9H2,1-2H3,(H,26,28). The number of aryl methyl sites for hydroxylation is 1. The minimum Gasteiger partial charge on any atom is -0.360 e. The first-order valence-corrected chi connectivity index (χ1v) is 11.3. The number of halogens is 2. The van der Waals surface area contributed by atoms with Gasteiger partial charge in [0.1, 0.15) is 28.1 Å². The van der Waals surface area contributed by atoms with E-state index in [1.165, 1.54) is 16.2 Å². The summed E-state index contributed by atoms with van der Waals surface area (Å²) in [5, 5.41) is 18.0. The minimum absolute atomic E-state index is 0.256. The van der Waals surface area contributed by atoms with Gasteiger partial charge in [-0.1, -0.05) is 47.8 Å². The molecule has 4 rings (SSSR count). The summed E-state index contributed by atoms with van der Waals surface area (Å²) < 4.78 is 5.30. The van der Waals surface area contributed by atoms with Gasteiger partial charge in [0.2, 0.25) is 0 Å². The molecule has 1 N–H and O–H groups in total. The van der Waals surface area contributed by atoms with E-state index in [0.717, 1.165) is 31.2 Å². The number of fused-ring (bicyclic) bond motifs is 1. The van der Waals surface area contributed by atoms with Gasteiger partial charge in [0.15, 0.2) is 0 Å². The number of rotatable bonds is 4. The zero-order valence-corrected chi connectivity index (χ0v) is 18.8. The number of hydrogen-bond donors (Lipinski definition) is 1. The zero-order chi connectivity index (χ0) is 21.4. The quantitative estimate of drug-likeness (QED) is 0.472. The van der Waals surface area contributed by atoms with Crippen LogP contribution in [0.2, 0.25) is 10.0 Å². The Hall–Kier alpha value is -2.33. The molecule has 0 spiro atoms. The maximum atomic E-state index is 13.2. The first-order chi connectivity index (χ1) is 14.4. The summed E-state index contributed by atoms with van der Waals surface area (Å²) in [6, 6.07) is 7.36. The highest BCUT2D eigenvalue weighted by molar-refractivity contribution is 7.16. The molecule has 0 aliphatic heterocycles. The summed E-state index contributed by atoms with van der Waals surface area (Å²) in [5.41, 5.74) is 2.61. The fraction of sp³-hybridized carbons (Fsp3) is 0.318. The molecule has 1 amide bonds.